The first-order valence-electron chi connectivity index (χ1n) is 3.55. The molecule has 1 rings (SSSR count). The number of aryl methyl sites for hydroxylation is 1. The SMILES string of the molecule is Cc1ccc(CCl)cc1S(=O)(=O)Cl. The second-order valence-electron chi connectivity index (χ2n) is 2.67. The van der Waals surface area contributed by atoms with Crippen molar-refractivity contribution < 1.29 is 8.42 Å². The van der Waals surface area contributed by atoms with Crippen LogP contribution in [0.5, 0.6) is 0 Å². The zero-order chi connectivity index (χ0) is 10.1. The van der Waals surface area contributed by atoms with E-state index in [0.717, 1.165) is 5.56 Å². The molecule has 0 unspecified atom stereocenters. The fraction of sp³-hybridized carbons (Fsp3) is 0.250. The van der Waals surface area contributed by atoms with Gasteiger partial charge in [0, 0.05) is 16.6 Å². The number of benzene rings is 1. The Morgan fingerprint density at radius 1 is 1.38 bits per heavy atom. The fourth-order valence-electron chi connectivity index (χ4n) is 0.990. The van der Waals surface area contributed by atoms with E-state index in [1.165, 1.54) is 6.07 Å². The summed E-state index contributed by atoms with van der Waals surface area (Å²) in [6.45, 7) is 1.69. The summed E-state index contributed by atoms with van der Waals surface area (Å²) < 4.78 is 22.1. The summed E-state index contributed by atoms with van der Waals surface area (Å²) in [7, 11) is 1.57. The molecule has 0 saturated carbocycles. The van der Waals surface area contributed by atoms with E-state index in [0.29, 0.717) is 5.56 Å². The van der Waals surface area contributed by atoms with Gasteiger partial charge >= 0.3 is 0 Å². The third kappa shape index (κ3) is 2.59. The van der Waals surface area contributed by atoms with Crippen LogP contribution in [0.15, 0.2) is 23.1 Å². The molecule has 0 heterocycles. The molecule has 2 nitrogen and oxygen atoms in total. The molecule has 0 amide bonds. The molecular weight excluding hydrogens is 231 g/mol. The number of hydrogen-bond acceptors (Lipinski definition) is 2. The molecule has 0 bridgehead atoms. The normalized spacial score (nSPS) is 11.6. The van der Waals surface area contributed by atoms with Gasteiger partial charge in [-0.25, -0.2) is 8.42 Å². The predicted octanol–water partition coefficient (Wildman–Crippen LogP) is 2.66. The maximum atomic E-state index is 11.0. The minimum absolute atomic E-state index is 0.132. The van der Waals surface area contributed by atoms with Gasteiger partial charge in [-0.2, -0.15) is 0 Å². The lowest BCUT2D eigenvalue weighted by Crippen LogP contribution is -1.95. The van der Waals surface area contributed by atoms with Crippen LogP contribution in [0.1, 0.15) is 11.1 Å². The Hall–Kier alpha value is -0.250. The van der Waals surface area contributed by atoms with Crippen LogP contribution in [0.3, 0.4) is 0 Å². The van der Waals surface area contributed by atoms with Crippen molar-refractivity contribution in [2.24, 2.45) is 0 Å². The molecule has 0 radical (unpaired) electrons. The van der Waals surface area contributed by atoms with Gasteiger partial charge in [-0.15, -0.1) is 11.6 Å². The minimum atomic E-state index is -3.65. The third-order valence-corrected chi connectivity index (χ3v) is 3.44. The summed E-state index contributed by atoms with van der Waals surface area (Å²) in [5.74, 6) is 0.277. The molecule has 0 aliphatic carbocycles. The topological polar surface area (TPSA) is 34.1 Å². The third-order valence-electron chi connectivity index (χ3n) is 1.67. The average molecular weight is 239 g/mol. The highest BCUT2D eigenvalue weighted by Gasteiger charge is 2.13. The molecule has 72 valence electrons. The molecule has 0 spiro atoms. The number of halogens is 2. The van der Waals surface area contributed by atoms with Gasteiger partial charge in [0.2, 0.25) is 0 Å². The van der Waals surface area contributed by atoms with E-state index in [1.54, 1.807) is 19.1 Å². The van der Waals surface area contributed by atoms with Crippen LogP contribution < -0.4 is 0 Å². The highest BCUT2D eigenvalue weighted by molar-refractivity contribution is 8.13. The second kappa shape index (κ2) is 3.86. The lowest BCUT2D eigenvalue weighted by Gasteiger charge is -2.03. The van der Waals surface area contributed by atoms with E-state index in [2.05, 4.69) is 0 Å². The summed E-state index contributed by atoms with van der Waals surface area (Å²) in [5, 5.41) is 0. The zero-order valence-electron chi connectivity index (χ0n) is 6.92. The molecule has 0 aliphatic heterocycles. The summed E-state index contributed by atoms with van der Waals surface area (Å²) >= 11 is 5.56. The van der Waals surface area contributed by atoms with Gasteiger partial charge in [-0.1, -0.05) is 12.1 Å². The van der Waals surface area contributed by atoms with Crippen molar-refractivity contribution in [2.75, 3.05) is 0 Å². The van der Waals surface area contributed by atoms with Crippen molar-refractivity contribution in [1.82, 2.24) is 0 Å². The first-order valence-corrected chi connectivity index (χ1v) is 6.39. The largest absolute Gasteiger partial charge is 0.261 e. The second-order valence-corrected chi connectivity index (χ2v) is 5.47. The van der Waals surface area contributed by atoms with Gasteiger partial charge in [0.25, 0.3) is 9.05 Å². The lowest BCUT2D eigenvalue weighted by molar-refractivity contribution is 0.609. The Balaban J connectivity index is 3.36. The van der Waals surface area contributed by atoms with Crippen LogP contribution in [0.2, 0.25) is 0 Å². The maximum Gasteiger partial charge on any atom is 0.261 e. The Bertz CT molecular complexity index is 412. The summed E-state index contributed by atoms with van der Waals surface area (Å²) in [4.78, 5) is 0.132. The van der Waals surface area contributed by atoms with Crippen LogP contribution in [0.25, 0.3) is 0 Å². The number of hydrogen-bond donors (Lipinski definition) is 0. The van der Waals surface area contributed by atoms with Crippen molar-refractivity contribution in [2.45, 2.75) is 17.7 Å². The molecule has 0 N–H and O–H groups in total. The van der Waals surface area contributed by atoms with E-state index in [9.17, 15) is 8.42 Å². The molecule has 5 heteroatoms. The standard InChI is InChI=1S/C8H8Cl2O2S/c1-6-2-3-7(5-9)4-8(6)13(10,11)12/h2-4H,5H2,1H3. The van der Waals surface area contributed by atoms with Crippen molar-refractivity contribution in [3.8, 4) is 0 Å². The molecular formula is C8H8Cl2O2S. The molecule has 0 aliphatic rings. The summed E-state index contributed by atoms with van der Waals surface area (Å²) in [6.07, 6.45) is 0. The Kier molecular flexibility index (Phi) is 3.22. The average Bonchev–Trinajstić information content (AvgIpc) is 2.03. The smallest absolute Gasteiger partial charge is 0.207 e. The number of rotatable bonds is 2. The van der Waals surface area contributed by atoms with Gasteiger partial charge < -0.3 is 0 Å². The van der Waals surface area contributed by atoms with E-state index in [1.807, 2.05) is 0 Å². The molecule has 1 aromatic rings. The fourth-order valence-corrected chi connectivity index (χ4v) is 2.40. The maximum absolute atomic E-state index is 11.0. The van der Waals surface area contributed by atoms with Crippen LogP contribution in [-0.4, -0.2) is 8.42 Å². The van der Waals surface area contributed by atoms with E-state index >= 15 is 0 Å². The van der Waals surface area contributed by atoms with Crippen LogP contribution in [0, 0.1) is 6.92 Å². The van der Waals surface area contributed by atoms with Crippen molar-refractivity contribution in [3.05, 3.63) is 29.3 Å². The van der Waals surface area contributed by atoms with Crippen LogP contribution in [-0.2, 0) is 14.9 Å². The van der Waals surface area contributed by atoms with Crippen molar-refractivity contribution in [1.29, 1.82) is 0 Å². The van der Waals surface area contributed by atoms with Gasteiger partial charge in [0.05, 0.1) is 4.90 Å². The van der Waals surface area contributed by atoms with Gasteiger partial charge in [0.15, 0.2) is 0 Å². The number of alkyl halides is 1. The Morgan fingerprint density at radius 3 is 2.46 bits per heavy atom. The highest BCUT2D eigenvalue weighted by Crippen LogP contribution is 2.21. The van der Waals surface area contributed by atoms with E-state index in [-0.39, 0.29) is 10.8 Å². The van der Waals surface area contributed by atoms with Crippen LogP contribution >= 0.6 is 22.3 Å². The van der Waals surface area contributed by atoms with E-state index in [4.69, 9.17) is 22.3 Å². The lowest BCUT2D eigenvalue weighted by atomic mass is 10.2. The monoisotopic (exact) mass is 238 g/mol. The molecule has 0 fully saturated rings. The minimum Gasteiger partial charge on any atom is -0.207 e. The predicted molar refractivity (Wildman–Crippen MR) is 53.8 cm³/mol. The summed E-state index contributed by atoms with van der Waals surface area (Å²) in [5.41, 5.74) is 1.37. The molecule has 0 saturated heterocycles. The highest BCUT2D eigenvalue weighted by atomic mass is 35.7. The van der Waals surface area contributed by atoms with Crippen molar-refractivity contribution >= 4 is 31.3 Å². The Morgan fingerprint density at radius 2 is 2.00 bits per heavy atom. The summed E-state index contributed by atoms with van der Waals surface area (Å²) in [6, 6.07) is 4.95. The Labute approximate surface area is 86.9 Å². The van der Waals surface area contributed by atoms with Crippen molar-refractivity contribution in [3.63, 3.8) is 0 Å². The zero-order valence-corrected chi connectivity index (χ0v) is 9.25. The first-order chi connectivity index (χ1) is 5.95. The molecule has 0 aromatic heterocycles. The quantitative estimate of drug-likeness (QED) is 0.587. The van der Waals surface area contributed by atoms with Gasteiger partial charge in [-0.05, 0) is 24.1 Å². The first kappa shape index (κ1) is 10.8. The molecule has 13 heavy (non-hydrogen) atoms. The van der Waals surface area contributed by atoms with Gasteiger partial charge in [0.1, 0.15) is 0 Å². The van der Waals surface area contributed by atoms with Gasteiger partial charge in [-0.3, -0.25) is 0 Å². The molecule has 0 atom stereocenters. The van der Waals surface area contributed by atoms with E-state index < -0.39 is 9.05 Å². The van der Waals surface area contributed by atoms with Crippen LogP contribution in [0.4, 0.5) is 0 Å². The molecule has 1 aromatic carbocycles.